The maximum absolute atomic E-state index is 11.3. The summed E-state index contributed by atoms with van der Waals surface area (Å²) >= 11 is 0. The van der Waals surface area contributed by atoms with Gasteiger partial charge in [-0.2, -0.15) is 0 Å². The fourth-order valence-corrected chi connectivity index (χ4v) is 2.83. The Balaban J connectivity index is 2.20. The maximum Gasteiger partial charge on any atom is 0.152 e. The van der Waals surface area contributed by atoms with Gasteiger partial charge in [0.15, 0.2) is 9.84 Å². The number of sulfone groups is 1. The number of aliphatic hydroxyl groups excluding tert-OH is 1. The normalized spacial score (nSPS) is 19.6. The van der Waals surface area contributed by atoms with E-state index in [2.05, 4.69) is 5.32 Å². The largest absolute Gasteiger partial charge is 0.391 e. The highest BCUT2D eigenvalue weighted by atomic mass is 32.2. The van der Waals surface area contributed by atoms with Crippen LogP contribution in [0, 0.1) is 0 Å². The number of hydrogen-bond acceptors (Lipinski definition) is 4. The fraction of sp³-hybridized carbons (Fsp3) is 1.00. The molecule has 1 aliphatic rings. The molecule has 0 saturated heterocycles. The predicted molar refractivity (Wildman–Crippen MR) is 56.0 cm³/mol. The van der Waals surface area contributed by atoms with E-state index in [0.717, 1.165) is 12.8 Å². The maximum atomic E-state index is 11.3. The van der Waals surface area contributed by atoms with Gasteiger partial charge in [-0.05, 0) is 19.3 Å². The molecule has 1 fully saturated rings. The Morgan fingerprint density at radius 2 is 2.14 bits per heavy atom. The third kappa shape index (κ3) is 4.93. The molecular weight excluding hydrogens is 202 g/mol. The van der Waals surface area contributed by atoms with Gasteiger partial charge in [-0.1, -0.05) is 6.92 Å². The first-order valence-corrected chi connectivity index (χ1v) is 6.97. The van der Waals surface area contributed by atoms with Crippen molar-refractivity contribution in [3.63, 3.8) is 0 Å². The van der Waals surface area contributed by atoms with Crippen LogP contribution in [0.3, 0.4) is 0 Å². The zero-order valence-corrected chi connectivity index (χ0v) is 9.39. The smallest absolute Gasteiger partial charge is 0.152 e. The summed E-state index contributed by atoms with van der Waals surface area (Å²) < 4.78 is 22.6. The minimum Gasteiger partial charge on any atom is -0.391 e. The molecule has 1 atom stereocenters. The first kappa shape index (κ1) is 11.9. The monoisotopic (exact) mass is 221 g/mol. The predicted octanol–water partition coefficient (Wildman–Crippen LogP) is -0.0759. The molecule has 1 unspecified atom stereocenters. The molecule has 0 aromatic heterocycles. The average Bonchev–Trinajstić information content (AvgIpc) is 2.82. The van der Waals surface area contributed by atoms with E-state index < -0.39 is 15.9 Å². The SMILES string of the molecule is CCCS(=O)(=O)CC(O)CNC1CC1. The van der Waals surface area contributed by atoms with Crippen LogP contribution in [-0.2, 0) is 9.84 Å². The van der Waals surface area contributed by atoms with Crippen LogP contribution in [0.2, 0.25) is 0 Å². The van der Waals surface area contributed by atoms with Crippen molar-refractivity contribution in [3.05, 3.63) is 0 Å². The Morgan fingerprint density at radius 3 is 2.64 bits per heavy atom. The molecular formula is C9H19NO3S. The lowest BCUT2D eigenvalue weighted by Gasteiger charge is -2.11. The number of aliphatic hydroxyl groups is 1. The molecule has 5 heteroatoms. The Morgan fingerprint density at radius 1 is 1.50 bits per heavy atom. The molecule has 0 aromatic carbocycles. The van der Waals surface area contributed by atoms with Gasteiger partial charge < -0.3 is 10.4 Å². The summed E-state index contributed by atoms with van der Waals surface area (Å²) in [5.74, 6) is 0.0635. The molecule has 0 amide bonds. The quantitative estimate of drug-likeness (QED) is 0.631. The Labute approximate surface area is 85.6 Å². The highest BCUT2D eigenvalue weighted by molar-refractivity contribution is 7.91. The third-order valence-electron chi connectivity index (χ3n) is 2.18. The lowest BCUT2D eigenvalue weighted by atomic mass is 10.4. The fourth-order valence-electron chi connectivity index (χ4n) is 1.34. The second-order valence-electron chi connectivity index (χ2n) is 3.95. The molecule has 0 bridgehead atoms. The van der Waals surface area contributed by atoms with Crippen molar-refractivity contribution in [2.24, 2.45) is 0 Å². The topological polar surface area (TPSA) is 66.4 Å². The van der Waals surface area contributed by atoms with Crippen molar-refractivity contribution >= 4 is 9.84 Å². The van der Waals surface area contributed by atoms with Gasteiger partial charge in [-0.25, -0.2) is 8.42 Å². The highest BCUT2D eigenvalue weighted by Gasteiger charge is 2.23. The molecule has 1 aliphatic carbocycles. The summed E-state index contributed by atoms with van der Waals surface area (Å²) in [6, 6.07) is 0.513. The molecule has 2 N–H and O–H groups in total. The minimum atomic E-state index is -3.05. The third-order valence-corrected chi connectivity index (χ3v) is 4.10. The van der Waals surface area contributed by atoms with Crippen LogP contribution in [0.25, 0.3) is 0 Å². The summed E-state index contributed by atoms with van der Waals surface area (Å²) in [6.45, 7) is 2.22. The van der Waals surface area contributed by atoms with E-state index in [4.69, 9.17) is 0 Å². The van der Waals surface area contributed by atoms with E-state index in [1.807, 2.05) is 6.92 Å². The second-order valence-corrected chi connectivity index (χ2v) is 6.18. The van der Waals surface area contributed by atoms with Gasteiger partial charge >= 0.3 is 0 Å². The van der Waals surface area contributed by atoms with Gasteiger partial charge in [0.05, 0.1) is 17.6 Å². The molecule has 1 saturated carbocycles. The van der Waals surface area contributed by atoms with E-state index in [-0.39, 0.29) is 11.5 Å². The first-order valence-electron chi connectivity index (χ1n) is 5.15. The molecule has 0 aliphatic heterocycles. The molecule has 0 spiro atoms. The van der Waals surface area contributed by atoms with Gasteiger partial charge in [0.2, 0.25) is 0 Å². The standard InChI is InChI=1S/C9H19NO3S/c1-2-5-14(12,13)7-9(11)6-10-8-3-4-8/h8-11H,2-7H2,1H3. The first-order chi connectivity index (χ1) is 6.53. The van der Waals surface area contributed by atoms with Crippen LogP contribution >= 0.6 is 0 Å². The van der Waals surface area contributed by atoms with Crippen LogP contribution in [0.5, 0.6) is 0 Å². The molecule has 0 aromatic rings. The van der Waals surface area contributed by atoms with E-state index >= 15 is 0 Å². The average molecular weight is 221 g/mol. The highest BCUT2D eigenvalue weighted by Crippen LogP contribution is 2.18. The van der Waals surface area contributed by atoms with Crippen molar-refractivity contribution in [2.45, 2.75) is 38.3 Å². The summed E-state index contributed by atoms with van der Waals surface area (Å²) in [7, 11) is -3.05. The molecule has 84 valence electrons. The summed E-state index contributed by atoms with van der Waals surface area (Å²) in [5, 5.41) is 12.6. The Kier molecular flexibility index (Phi) is 4.34. The van der Waals surface area contributed by atoms with Crippen molar-refractivity contribution in [1.29, 1.82) is 0 Å². The van der Waals surface area contributed by atoms with Crippen molar-refractivity contribution in [3.8, 4) is 0 Å². The zero-order valence-electron chi connectivity index (χ0n) is 8.57. The molecule has 14 heavy (non-hydrogen) atoms. The number of hydrogen-bond donors (Lipinski definition) is 2. The van der Waals surface area contributed by atoms with Crippen molar-refractivity contribution < 1.29 is 13.5 Å². The second kappa shape index (κ2) is 5.09. The Hall–Kier alpha value is -0.130. The molecule has 1 rings (SSSR count). The van der Waals surface area contributed by atoms with Crippen LogP contribution in [0.1, 0.15) is 26.2 Å². The van der Waals surface area contributed by atoms with Gasteiger partial charge in [0.25, 0.3) is 0 Å². The number of rotatable bonds is 7. The molecule has 0 radical (unpaired) electrons. The van der Waals surface area contributed by atoms with Gasteiger partial charge in [0, 0.05) is 12.6 Å². The molecule has 4 nitrogen and oxygen atoms in total. The van der Waals surface area contributed by atoms with E-state index in [1.54, 1.807) is 0 Å². The van der Waals surface area contributed by atoms with Crippen LogP contribution in [-0.4, -0.2) is 43.7 Å². The van der Waals surface area contributed by atoms with Gasteiger partial charge in [-0.3, -0.25) is 0 Å². The summed E-state index contributed by atoms with van der Waals surface area (Å²) in [4.78, 5) is 0. The van der Waals surface area contributed by atoms with E-state index in [9.17, 15) is 13.5 Å². The van der Waals surface area contributed by atoms with E-state index in [0.29, 0.717) is 19.0 Å². The number of nitrogens with one attached hydrogen (secondary N) is 1. The summed E-state index contributed by atoms with van der Waals surface area (Å²) in [6.07, 6.45) is 2.15. The van der Waals surface area contributed by atoms with Crippen LogP contribution < -0.4 is 5.32 Å². The van der Waals surface area contributed by atoms with Crippen molar-refractivity contribution in [2.75, 3.05) is 18.1 Å². The Bertz CT molecular complexity index is 259. The van der Waals surface area contributed by atoms with Crippen LogP contribution in [0.15, 0.2) is 0 Å². The van der Waals surface area contributed by atoms with Crippen LogP contribution in [0.4, 0.5) is 0 Å². The van der Waals surface area contributed by atoms with Crippen molar-refractivity contribution in [1.82, 2.24) is 5.32 Å². The molecule has 0 heterocycles. The lowest BCUT2D eigenvalue weighted by Crippen LogP contribution is -2.34. The minimum absolute atomic E-state index is 0.111. The van der Waals surface area contributed by atoms with Gasteiger partial charge in [0.1, 0.15) is 0 Å². The summed E-state index contributed by atoms with van der Waals surface area (Å²) in [5.41, 5.74) is 0. The lowest BCUT2D eigenvalue weighted by molar-refractivity contribution is 0.193. The van der Waals surface area contributed by atoms with E-state index in [1.165, 1.54) is 0 Å². The zero-order chi connectivity index (χ0) is 10.6. The van der Waals surface area contributed by atoms with Gasteiger partial charge in [-0.15, -0.1) is 0 Å².